The highest BCUT2D eigenvalue weighted by Crippen LogP contribution is 2.21. The smallest absolute Gasteiger partial charge is 0.122 e. The molecule has 0 N–H and O–H groups in total. The van der Waals surface area contributed by atoms with Crippen LogP contribution in [0.1, 0.15) is 13.8 Å². The van der Waals surface area contributed by atoms with Crippen LogP contribution >= 0.6 is 0 Å². The van der Waals surface area contributed by atoms with Crippen LogP contribution < -0.4 is 0 Å². The molecule has 0 amide bonds. The van der Waals surface area contributed by atoms with Gasteiger partial charge in [-0.2, -0.15) is 0 Å². The minimum atomic E-state index is -1.29. The molecule has 1 atom stereocenters. The summed E-state index contributed by atoms with van der Waals surface area (Å²) in [5.74, 6) is 0.202. The lowest BCUT2D eigenvalue weighted by molar-refractivity contribution is -0.110. The molecule has 0 aromatic heterocycles. The third-order valence-corrected chi connectivity index (χ3v) is 6.20. The zero-order valence-electron chi connectivity index (χ0n) is 7.98. The zero-order chi connectivity index (χ0) is 9.07. The predicted molar refractivity (Wildman–Crippen MR) is 52.3 cm³/mol. The van der Waals surface area contributed by atoms with E-state index in [0.717, 1.165) is 12.3 Å². The van der Waals surface area contributed by atoms with Gasteiger partial charge in [0.15, 0.2) is 0 Å². The van der Waals surface area contributed by atoms with E-state index in [1.54, 1.807) is 0 Å². The van der Waals surface area contributed by atoms with E-state index in [-0.39, 0.29) is 5.92 Å². The standard InChI is InChI=1S/C9H18OSi/c1-8(2)11(4,5)7-9(3)6-10/h6,9H,1,7H2,2-5H3. The molecule has 0 saturated heterocycles. The molecule has 0 aliphatic carbocycles. The van der Waals surface area contributed by atoms with Crippen LogP contribution in [0, 0.1) is 5.92 Å². The third kappa shape index (κ3) is 3.51. The third-order valence-electron chi connectivity index (χ3n) is 2.22. The first-order valence-corrected chi connectivity index (χ1v) is 7.22. The van der Waals surface area contributed by atoms with Crippen molar-refractivity contribution in [3.63, 3.8) is 0 Å². The maximum absolute atomic E-state index is 10.4. The van der Waals surface area contributed by atoms with E-state index >= 15 is 0 Å². The molecular weight excluding hydrogens is 152 g/mol. The highest BCUT2D eigenvalue weighted by molar-refractivity contribution is 6.84. The summed E-state index contributed by atoms with van der Waals surface area (Å²) in [6, 6.07) is 1.03. The Kier molecular flexibility index (Phi) is 3.73. The summed E-state index contributed by atoms with van der Waals surface area (Å²) in [6.45, 7) is 12.5. The van der Waals surface area contributed by atoms with Gasteiger partial charge in [-0.1, -0.05) is 25.2 Å². The largest absolute Gasteiger partial charge is 0.303 e. The lowest BCUT2D eigenvalue weighted by Crippen LogP contribution is -2.29. The Labute approximate surface area is 70.5 Å². The van der Waals surface area contributed by atoms with Crippen LogP contribution in [-0.2, 0) is 4.79 Å². The zero-order valence-corrected chi connectivity index (χ0v) is 8.98. The molecule has 0 aromatic rings. The average molecular weight is 170 g/mol. The number of hydrogen-bond donors (Lipinski definition) is 0. The van der Waals surface area contributed by atoms with Gasteiger partial charge in [0.25, 0.3) is 0 Å². The van der Waals surface area contributed by atoms with Crippen LogP contribution in [0.25, 0.3) is 0 Å². The van der Waals surface area contributed by atoms with E-state index in [9.17, 15) is 4.79 Å². The Morgan fingerprint density at radius 3 is 2.36 bits per heavy atom. The molecule has 1 nitrogen and oxygen atoms in total. The van der Waals surface area contributed by atoms with E-state index in [1.165, 1.54) is 5.20 Å². The van der Waals surface area contributed by atoms with Crippen molar-refractivity contribution in [1.82, 2.24) is 0 Å². The first kappa shape index (κ1) is 10.6. The van der Waals surface area contributed by atoms with Gasteiger partial charge in [0.2, 0.25) is 0 Å². The summed E-state index contributed by atoms with van der Waals surface area (Å²) in [4.78, 5) is 10.4. The van der Waals surface area contributed by atoms with Gasteiger partial charge in [0.1, 0.15) is 6.29 Å². The molecule has 11 heavy (non-hydrogen) atoms. The fourth-order valence-electron chi connectivity index (χ4n) is 1.03. The monoisotopic (exact) mass is 170 g/mol. The van der Waals surface area contributed by atoms with Crippen molar-refractivity contribution in [1.29, 1.82) is 0 Å². The molecule has 0 heterocycles. The number of aldehydes is 1. The average Bonchev–Trinajstić information content (AvgIpc) is 1.86. The van der Waals surface area contributed by atoms with Crippen molar-refractivity contribution in [2.75, 3.05) is 0 Å². The molecule has 0 rings (SSSR count). The Balaban J connectivity index is 4.11. The minimum absolute atomic E-state index is 0.202. The first-order valence-electron chi connectivity index (χ1n) is 4.01. The highest BCUT2D eigenvalue weighted by Gasteiger charge is 2.23. The number of rotatable bonds is 4. The fourth-order valence-corrected chi connectivity index (χ4v) is 3.08. The molecule has 0 aliphatic rings. The Hall–Kier alpha value is -0.373. The molecule has 0 radical (unpaired) electrons. The topological polar surface area (TPSA) is 17.1 Å². The molecule has 0 aromatic carbocycles. The van der Waals surface area contributed by atoms with E-state index in [0.29, 0.717) is 0 Å². The second kappa shape index (κ2) is 3.86. The van der Waals surface area contributed by atoms with E-state index < -0.39 is 8.07 Å². The van der Waals surface area contributed by atoms with Crippen LogP contribution in [0.4, 0.5) is 0 Å². The molecule has 0 saturated carbocycles. The molecule has 0 bridgehead atoms. The summed E-state index contributed by atoms with van der Waals surface area (Å²) in [5, 5.41) is 1.28. The Morgan fingerprint density at radius 1 is 1.64 bits per heavy atom. The highest BCUT2D eigenvalue weighted by atomic mass is 28.3. The number of hydrogen-bond acceptors (Lipinski definition) is 1. The molecule has 2 heteroatoms. The van der Waals surface area contributed by atoms with Crippen molar-refractivity contribution >= 4 is 14.4 Å². The number of carbonyl (C=O) groups is 1. The first-order chi connectivity index (χ1) is 4.90. The van der Waals surface area contributed by atoms with Crippen molar-refractivity contribution < 1.29 is 4.79 Å². The summed E-state index contributed by atoms with van der Waals surface area (Å²) in [7, 11) is -1.29. The summed E-state index contributed by atoms with van der Waals surface area (Å²) in [6.07, 6.45) is 1.04. The Morgan fingerprint density at radius 2 is 2.09 bits per heavy atom. The van der Waals surface area contributed by atoms with Crippen LogP contribution in [-0.4, -0.2) is 14.4 Å². The quantitative estimate of drug-likeness (QED) is 0.468. The summed E-state index contributed by atoms with van der Waals surface area (Å²) in [5.41, 5.74) is 0. The van der Waals surface area contributed by atoms with Crippen molar-refractivity contribution in [3.8, 4) is 0 Å². The van der Waals surface area contributed by atoms with Gasteiger partial charge >= 0.3 is 0 Å². The lowest BCUT2D eigenvalue weighted by Gasteiger charge is -2.23. The van der Waals surface area contributed by atoms with E-state index in [1.807, 2.05) is 6.92 Å². The lowest BCUT2D eigenvalue weighted by atomic mass is 10.3. The molecule has 64 valence electrons. The molecule has 0 fully saturated rings. The molecular formula is C9H18OSi. The van der Waals surface area contributed by atoms with Gasteiger partial charge in [0, 0.05) is 5.92 Å². The molecule has 0 aliphatic heterocycles. The number of allylic oxidation sites excluding steroid dienone is 1. The maximum Gasteiger partial charge on any atom is 0.122 e. The van der Waals surface area contributed by atoms with Crippen molar-refractivity contribution in [3.05, 3.63) is 11.8 Å². The van der Waals surface area contributed by atoms with Gasteiger partial charge in [-0.05, 0) is 13.0 Å². The second-order valence-electron chi connectivity index (χ2n) is 3.98. The van der Waals surface area contributed by atoms with Crippen LogP contribution in [0.3, 0.4) is 0 Å². The van der Waals surface area contributed by atoms with E-state index in [4.69, 9.17) is 0 Å². The molecule has 1 unspecified atom stereocenters. The van der Waals surface area contributed by atoms with Crippen molar-refractivity contribution in [2.45, 2.75) is 33.0 Å². The van der Waals surface area contributed by atoms with Crippen LogP contribution in [0.2, 0.25) is 19.1 Å². The molecule has 0 spiro atoms. The minimum Gasteiger partial charge on any atom is -0.303 e. The van der Waals surface area contributed by atoms with Gasteiger partial charge < -0.3 is 4.79 Å². The van der Waals surface area contributed by atoms with Gasteiger partial charge in [0.05, 0.1) is 8.07 Å². The SMILES string of the molecule is C=C(C)[Si](C)(C)CC(C)C=O. The predicted octanol–water partition coefficient (Wildman–Crippen LogP) is 2.65. The second-order valence-corrected chi connectivity index (χ2v) is 9.01. The van der Waals surface area contributed by atoms with E-state index in [2.05, 4.69) is 26.6 Å². The van der Waals surface area contributed by atoms with Gasteiger partial charge in [-0.15, -0.1) is 6.58 Å². The van der Waals surface area contributed by atoms with Crippen LogP contribution in [0.15, 0.2) is 11.8 Å². The fraction of sp³-hybridized carbons (Fsp3) is 0.667. The normalized spacial score (nSPS) is 14.2. The van der Waals surface area contributed by atoms with Crippen molar-refractivity contribution in [2.24, 2.45) is 5.92 Å². The maximum atomic E-state index is 10.4. The number of carbonyl (C=O) groups excluding carboxylic acids is 1. The van der Waals surface area contributed by atoms with Gasteiger partial charge in [-0.25, -0.2) is 0 Å². The Bertz CT molecular complexity index is 161. The van der Waals surface area contributed by atoms with Crippen LogP contribution in [0.5, 0.6) is 0 Å². The van der Waals surface area contributed by atoms with Gasteiger partial charge in [-0.3, -0.25) is 0 Å². The summed E-state index contributed by atoms with van der Waals surface area (Å²) >= 11 is 0. The summed E-state index contributed by atoms with van der Waals surface area (Å²) < 4.78 is 0.